The summed E-state index contributed by atoms with van der Waals surface area (Å²) in [5, 5.41) is 0.765. The zero-order valence-electron chi connectivity index (χ0n) is 7.65. The van der Waals surface area contributed by atoms with Gasteiger partial charge in [0.15, 0.2) is 5.75 Å². The van der Waals surface area contributed by atoms with Gasteiger partial charge in [0.1, 0.15) is 0 Å². The summed E-state index contributed by atoms with van der Waals surface area (Å²) in [6.45, 7) is 0. The molecule has 2 aromatic rings. The third-order valence-corrected chi connectivity index (χ3v) is 3.35. The number of hydrogen-bond acceptors (Lipinski definition) is 2. The maximum absolute atomic E-state index is 10.7. The smallest absolute Gasteiger partial charge is 0.403 e. The molecule has 86 valence electrons. The molecule has 3 N–H and O–H groups in total. The van der Waals surface area contributed by atoms with Crippen LogP contribution in [0, 0.1) is 0 Å². The van der Waals surface area contributed by atoms with Crippen molar-refractivity contribution < 1.29 is 18.9 Å². The molecule has 2 rings (SSSR count). The highest BCUT2D eigenvalue weighted by atomic mass is 79.9. The molecule has 0 saturated heterocycles. The van der Waals surface area contributed by atoms with Crippen LogP contribution in [0.15, 0.2) is 22.8 Å². The number of rotatable bonds is 2. The van der Waals surface area contributed by atoms with Crippen LogP contribution in [0.1, 0.15) is 0 Å². The fourth-order valence-corrected chi connectivity index (χ4v) is 2.73. The molecule has 0 aliphatic carbocycles. The molecule has 0 unspecified atom stereocenters. The van der Waals surface area contributed by atoms with Gasteiger partial charge in [0.25, 0.3) is 0 Å². The molecule has 0 radical (unpaired) electrons. The highest BCUT2D eigenvalue weighted by Gasteiger charge is 2.20. The van der Waals surface area contributed by atoms with Gasteiger partial charge in [-0.05, 0) is 28.1 Å². The van der Waals surface area contributed by atoms with Gasteiger partial charge in [-0.1, -0.05) is 11.6 Å². The lowest BCUT2D eigenvalue weighted by Crippen LogP contribution is -1.91. The number of H-pyrrole nitrogens is 1. The minimum absolute atomic E-state index is 0.0530. The van der Waals surface area contributed by atoms with Crippen molar-refractivity contribution in [3.05, 3.63) is 27.8 Å². The van der Waals surface area contributed by atoms with E-state index in [1.54, 1.807) is 12.3 Å². The fraction of sp³-hybridized carbons (Fsp3) is 0. The predicted octanol–water partition coefficient (Wildman–Crippen LogP) is 3.06. The maximum atomic E-state index is 10.7. The number of aromatic nitrogens is 1. The number of phosphoric ester groups is 1. The van der Waals surface area contributed by atoms with Crippen molar-refractivity contribution >= 4 is 46.3 Å². The van der Waals surface area contributed by atoms with Gasteiger partial charge < -0.3 is 9.51 Å². The Kier molecular flexibility index (Phi) is 3.03. The summed E-state index contributed by atoms with van der Waals surface area (Å²) in [7, 11) is -4.60. The molecule has 0 fully saturated rings. The monoisotopic (exact) mass is 325 g/mol. The SMILES string of the molecule is O=P(O)(O)Oc1ccc2[nH]cc(Br)c2c1Cl. The first-order valence-electron chi connectivity index (χ1n) is 4.09. The number of fused-ring (bicyclic) bond motifs is 1. The molecular formula is C8H6BrClNO4P. The maximum Gasteiger partial charge on any atom is 0.524 e. The molecule has 16 heavy (non-hydrogen) atoms. The van der Waals surface area contributed by atoms with E-state index in [1.165, 1.54) is 6.07 Å². The first-order valence-corrected chi connectivity index (χ1v) is 6.79. The molecule has 0 amide bonds. The normalized spacial score (nSPS) is 12.0. The minimum Gasteiger partial charge on any atom is -0.403 e. The van der Waals surface area contributed by atoms with Crippen molar-refractivity contribution in [2.45, 2.75) is 0 Å². The number of hydrogen-bond donors (Lipinski definition) is 3. The molecule has 0 aliphatic heterocycles. The van der Waals surface area contributed by atoms with E-state index in [0.29, 0.717) is 9.86 Å². The average molecular weight is 326 g/mol. The second kappa shape index (κ2) is 4.05. The van der Waals surface area contributed by atoms with Gasteiger partial charge in [-0.2, -0.15) is 0 Å². The van der Waals surface area contributed by atoms with Crippen LogP contribution in [0.5, 0.6) is 5.75 Å². The molecule has 8 heteroatoms. The van der Waals surface area contributed by atoms with Crippen LogP contribution >= 0.6 is 35.4 Å². The Morgan fingerprint density at radius 1 is 1.44 bits per heavy atom. The summed E-state index contributed by atoms with van der Waals surface area (Å²) < 4.78 is 15.9. The van der Waals surface area contributed by atoms with Crippen LogP contribution in [-0.2, 0) is 4.57 Å². The van der Waals surface area contributed by atoms with E-state index in [2.05, 4.69) is 25.4 Å². The average Bonchev–Trinajstić information content (AvgIpc) is 2.51. The summed E-state index contributed by atoms with van der Waals surface area (Å²) in [5.41, 5.74) is 0.745. The molecule has 0 spiro atoms. The Morgan fingerprint density at radius 2 is 2.12 bits per heavy atom. The van der Waals surface area contributed by atoms with Gasteiger partial charge in [-0.25, -0.2) is 4.57 Å². The third kappa shape index (κ3) is 2.26. The van der Waals surface area contributed by atoms with E-state index in [0.717, 1.165) is 5.52 Å². The highest BCUT2D eigenvalue weighted by Crippen LogP contribution is 2.44. The summed E-state index contributed by atoms with van der Waals surface area (Å²) >= 11 is 9.24. The lowest BCUT2D eigenvalue weighted by Gasteiger charge is -2.08. The second-order valence-corrected chi connectivity index (χ2v) is 5.41. The van der Waals surface area contributed by atoms with Gasteiger partial charge >= 0.3 is 7.82 Å². The van der Waals surface area contributed by atoms with E-state index in [1.807, 2.05) is 0 Å². The molecule has 1 aromatic heterocycles. The molecule has 0 atom stereocenters. The van der Waals surface area contributed by atoms with Crippen LogP contribution < -0.4 is 4.52 Å². The van der Waals surface area contributed by atoms with Gasteiger partial charge in [-0.3, -0.25) is 9.79 Å². The van der Waals surface area contributed by atoms with E-state index in [9.17, 15) is 4.57 Å². The molecule has 0 aliphatic rings. The van der Waals surface area contributed by atoms with Crippen LogP contribution in [0.4, 0.5) is 0 Å². The van der Waals surface area contributed by atoms with Crippen molar-refractivity contribution in [2.24, 2.45) is 0 Å². The van der Waals surface area contributed by atoms with Crippen molar-refractivity contribution in [1.82, 2.24) is 4.98 Å². The Hall–Kier alpha value is -0.520. The van der Waals surface area contributed by atoms with Crippen LogP contribution in [0.2, 0.25) is 5.02 Å². The topological polar surface area (TPSA) is 82.6 Å². The van der Waals surface area contributed by atoms with Gasteiger partial charge in [0, 0.05) is 21.6 Å². The summed E-state index contributed by atoms with van der Waals surface area (Å²) in [6.07, 6.45) is 1.68. The Labute approximate surface area is 104 Å². The Bertz CT molecular complexity index is 593. The lowest BCUT2D eigenvalue weighted by atomic mass is 10.2. The number of aromatic amines is 1. The van der Waals surface area contributed by atoms with E-state index in [4.69, 9.17) is 21.4 Å². The van der Waals surface area contributed by atoms with Crippen LogP contribution in [-0.4, -0.2) is 14.8 Å². The zero-order valence-corrected chi connectivity index (χ0v) is 10.9. The molecule has 1 heterocycles. The zero-order chi connectivity index (χ0) is 11.9. The van der Waals surface area contributed by atoms with E-state index in [-0.39, 0.29) is 10.8 Å². The Morgan fingerprint density at radius 3 is 2.75 bits per heavy atom. The number of halogens is 2. The van der Waals surface area contributed by atoms with Crippen molar-refractivity contribution in [3.8, 4) is 5.75 Å². The van der Waals surface area contributed by atoms with Crippen molar-refractivity contribution in [3.63, 3.8) is 0 Å². The Balaban J connectivity index is 2.60. The largest absolute Gasteiger partial charge is 0.524 e. The first kappa shape index (κ1) is 12.0. The van der Waals surface area contributed by atoms with E-state index >= 15 is 0 Å². The fourth-order valence-electron chi connectivity index (χ4n) is 1.32. The molecule has 1 aromatic carbocycles. The quantitative estimate of drug-likeness (QED) is 0.741. The lowest BCUT2D eigenvalue weighted by molar-refractivity contribution is 0.283. The van der Waals surface area contributed by atoms with Crippen molar-refractivity contribution in [1.29, 1.82) is 0 Å². The van der Waals surface area contributed by atoms with Gasteiger partial charge in [0.05, 0.1) is 5.02 Å². The van der Waals surface area contributed by atoms with E-state index < -0.39 is 7.82 Å². The van der Waals surface area contributed by atoms with Gasteiger partial charge in [-0.15, -0.1) is 0 Å². The molecule has 0 bridgehead atoms. The number of nitrogens with one attached hydrogen (secondary N) is 1. The third-order valence-electron chi connectivity index (χ3n) is 1.92. The predicted molar refractivity (Wildman–Crippen MR) is 63.7 cm³/mol. The number of phosphoric acid groups is 1. The molecule has 5 nitrogen and oxygen atoms in total. The van der Waals surface area contributed by atoms with Crippen LogP contribution in [0.3, 0.4) is 0 Å². The van der Waals surface area contributed by atoms with Crippen molar-refractivity contribution in [2.75, 3.05) is 0 Å². The minimum atomic E-state index is -4.60. The molecular weight excluding hydrogens is 320 g/mol. The molecule has 0 saturated carbocycles. The summed E-state index contributed by atoms with van der Waals surface area (Å²) in [5.74, 6) is -0.0530. The number of benzene rings is 1. The van der Waals surface area contributed by atoms with Gasteiger partial charge in [0.2, 0.25) is 0 Å². The first-order chi connectivity index (χ1) is 7.38. The summed E-state index contributed by atoms with van der Waals surface area (Å²) in [4.78, 5) is 20.3. The van der Waals surface area contributed by atoms with Crippen LogP contribution in [0.25, 0.3) is 10.9 Å². The summed E-state index contributed by atoms with van der Waals surface area (Å²) in [6, 6.07) is 3.02. The standard InChI is InChI=1S/C8H6BrClNO4P/c9-4-3-11-5-1-2-6(8(10)7(4)5)15-16(12,13)14/h1-3,11H,(H2,12,13,14). The highest BCUT2D eigenvalue weighted by molar-refractivity contribution is 9.10. The second-order valence-electron chi connectivity index (χ2n) is 3.02.